The molecule has 1 rings (SSSR count). The van der Waals surface area contributed by atoms with Gasteiger partial charge in [0.1, 0.15) is 0 Å². The Bertz CT molecular complexity index is 343. The third-order valence-electron chi connectivity index (χ3n) is 1.94. The van der Waals surface area contributed by atoms with E-state index in [1.165, 1.54) is 24.3 Å². The predicted molar refractivity (Wildman–Crippen MR) is 51.4 cm³/mol. The number of hydrogen-bond donors (Lipinski definition) is 0. The smallest absolute Gasteiger partial charge is 0.263 e. The highest BCUT2D eigenvalue weighted by atomic mass is 19.3. The summed E-state index contributed by atoms with van der Waals surface area (Å²) < 4.78 is 29.6. The minimum atomic E-state index is -2.48. The van der Waals surface area contributed by atoms with Gasteiger partial charge < -0.3 is 4.74 Å². The molecule has 0 aromatic heterocycles. The van der Waals surface area contributed by atoms with Crippen LogP contribution in [0.5, 0.6) is 0 Å². The number of nitrogens with zero attached hydrogens (tertiary/aromatic N) is 1. The lowest BCUT2D eigenvalue weighted by Crippen LogP contribution is -2.01. The fraction of sp³-hybridized carbons (Fsp3) is 0.364. The van der Waals surface area contributed by atoms with E-state index in [2.05, 4.69) is 0 Å². The molecule has 0 aliphatic rings. The van der Waals surface area contributed by atoms with Crippen LogP contribution in [0.1, 0.15) is 30.6 Å². The van der Waals surface area contributed by atoms with E-state index < -0.39 is 12.5 Å². The van der Waals surface area contributed by atoms with Gasteiger partial charge in [-0.15, -0.1) is 0 Å². The Morgan fingerprint density at radius 3 is 2.20 bits per heavy atom. The first-order valence-corrected chi connectivity index (χ1v) is 4.58. The van der Waals surface area contributed by atoms with E-state index in [9.17, 15) is 8.78 Å². The van der Waals surface area contributed by atoms with E-state index in [-0.39, 0.29) is 5.56 Å². The van der Waals surface area contributed by atoms with Crippen molar-refractivity contribution >= 4 is 0 Å². The van der Waals surface area contributed by atoms with Crippen molar-refractivity contribution in [2.45, 2.75) is 19.5 Å². The molecule has 0 saturated carbocycles. The van der Waals surface area contributed by atoms with Gasteiger partial charge in [-0.1, -0.05) is 24.3 Å². The standard InChI is InChI=1S/C11H11F2NO/c1-2-15-10(7-14)8-3-5-9(6-4-8)11(12)13/h3-6,10-11H,2H2,1H3. The molecule has 1 unspecified atom stereocenters. The monoisotopic (exact) mass is 211 g/mol. The number of rotatable bonds is 4. The average Bonchev–Trinajstić information content (AvgIpc) is 2.26. The molecule has 0 fully saturated rings. The zero-order valence-corrected chi connectivity index (χ0v) is 8.28. The lowest BCUT2D eigenvalue weighted by molar-refractivity contribution is 0.102. The Hall–Kier alpha value is -1.47. The normalized spacial score (nSPS) is 12.5. The van der Waals surface area contributed by atoms with Crippen LogP contribution in [0, 0.1) is 11.3 Å². The highest BCUT2D eigenvalue weighted by molar-refractivity contribution is 5.27. The summed E-state index contributed by atoms with van der Waals surface area (Å²) in [7, 11) is 0. The molecule has 0 bridgehead atoms. The summed E-state index contributed by atoms with van der Waals surface area (Å²) in [6, 6.07) is 7.56. The first-order chi connectivity index (χ1) is 7.19. The van der Waals surface area contributed by atoms with Gasteiger partial charge in [0.2, 0.25) is 0 Å². The zero-order chi connectivity index (χ0) is 11.3. The van der Waals surface area contributed by atoms with Crippen LogP contribution < -0.4 is 0 Å². The number of nitriles is 1. The van der Waals surface area contributed by atoms with Gasteiger partial charge in [0.05, 0.1) is 6.07 Å². The number of alkyl halides is 2. The van der Waals surface area contributed by atoms with Crippen LogP contribution in [-0.4, -0.2) is 6.61 Å². The van der Waals surface area contributed by atoms with Gasteiger partial charge in [0.25, 0.3) is 6.43 Å². The van der Waals surface area contributed by atoms with E-state index in [0.29, 0.717) is 12.2 Å². The summed E-state index contributed by atoms with van der Waals surface area (Å²) in [5.74, 6) is 0. The van der Waals surface area contributed by atoms with Crippen molar-refractivity contribution in [1.82, 2.24) is 0 Å². The summed E-state index contributed by atoms with van der Waals surface area (Å²) in [5, 5.41) is 8.77. The fourth-order valence-electron chi connectivity index (χ4n) is 1.19. The van der Waals surface area contributed by atoms with Crippen LogP contribution in [0.15, 0.2) is 24.3 Å². The van der Waals surface area contributed by atoms with Crippen molar-refractivity contribution in [1.29, 1.82) is 5.26 Å². The molecule has 0 radical (unpaired) electrons. The zero-order valence-electron chi connectivity index (χ0n) is 8.28. The number of benzene rings is 1. The van der Waals surface area contributed by atoms with Crippen LogP contribution >= 0.6 is 0 Å². The lowest BCUT2D eigenvalue weighted by atomic mass is 10.1. The first-order valence-electron chi connectivity index (χ1n) is 4.58. The Balaban J connectivity index is 2.83. The number of halogens is 2. The Labute approximate surface area is 87.1 Å². The molecule has 0 spiro atoms. The SMILES string of the molecule is CCOC(C#N)c1ccc(C(F)F)cc1. The molecule has 0 heterocycles. The quantitative estimate of drug-likeness (QED) is 0.766. The summed E-state index contributed by atoms with van der Waals surface area (Å²) >= 11 is 0. The van der Waals surface area contributed by atoms with Gasteiger partial charge in [0, 0.05) is 12.2 Å². The topological polar surface area (TPSA) is 33.0 Å². The largest absolute Gasteiger partial charge is 0.359 e. The minimum Gasteiger partial charge on any atom is -0.359 e. The van der Waals surface area contributed by atoms with Crippen LogP contribution in [-0.2, 0) is 4.74 Å². The van der Waals surface area contributed by atoms with Gasteiger partial charge >= 0.3 is 0 Å². The molecule has 15 heavy (non-hydrogen) atoms. The van der Waals surface area contributed by atoms with Gasteiger partial charge in [0.15, 0.2) is 6.10 Å². The summed E-state index contributed by atoms with van der Waals surface area (Å²) in [6.45, 7) is 2.19. The molecule has 0 aliphatic carbocycles. The molecule has 1 aromatic rings. The minimum absolute atomic E-state index is 0.0491. The second kappa shape index (κ2) is 5.42. The van der Waals surface area contributed by atoms with Crippen molar-refractivity contribution in [3.05, 3.63) is 35.4 Å². The van der Waals surface area contributed by atoms with E-state index in [1.807, 2.05) is 6.07 Å². The van der Waals surface area contributed by atoms with Crippen molar-refractivity contribution in [2.75, 3.05) is 6.61 Å². The number of hydrogen-bond acceptors (Lipinski definition) is 2. The molecule has 2 nitrogen and oxygen atoms in total. The predicted octanol–water partition coefficient (Wildman–Crippen LogP) is 3.23. The second-order valence-corrected chi connectivity index (χ2v) is 2.93. The van der Waals surface area contributed by atoms with Crippen LogP contribution in [0.3, 0.4) is 0 Å². The number of ether oxygens (including phenoxy) is 1. The Morgan fingerprint density at radius 2 is 1.80 bits per heavy atom. The fourth-order valence-corrected chi connectivity index (χ4v) is 1.19. The Kier molecular flexibility index (Phi) is 4.19. The van der Waals surface area contributed by atoms with E-state index in [0.717, 1.165) is 0 Å². The highest BCUT2D eigenvalue weighted by Gasteiger charge is 2.11. The third-order valence-corrected chi connectivity index (χ3v) is 1.94. The summed E-state index contributed by atoms with van der Waals surface area (Å²) in [6.07, 6.45) is -3.16. The second-order valence-electron chi connectivity index (χ2n) is 2.93. The van der Waals surface area contributed by atoms with E-state index >= 15 is 0 Å². The maximum atomic E-state index is 12.2. The third kappa shape index (κ3) is 3.00. The average molecular weight is 211 g/mol. The molecule has 0 N–H and O–H groups in total. The maximum Gasteiger partial charge on any atom is 0.263 e. The van der Waals surface area contributed by atoms with Crippen molar-refractivity contribution in [3.8, 4) is 6.07 Å². The Morgan fingerprint density at radius 1 is 1.27 bits per heavy atom. The molecule has 80 valence electrons. The van der Waals surface area contributed by atoms with Crippen molar-refractivity contribution in [3.63, 3.8) is 0 Å². The van der Waals surface area contributed by atoms with Gasteiger partial charge in [-0.2, -0.15) is 5.26 Å². The lowest BCUT2D eigenvalue weighted by Gasteiger charge is -2.09. The molecule has 0 aliphatic heterocycles. The highest BCUT2D eigenvalue weighted by Crippen LogP contribution is 2.22. The maximum absolute atomic E-state index is 12.2. The van der Waals surface area contributed by atoms with Gasteiger partial charge in [-0.3, -0.25) is 0 Å². The van der Waals surface area contributed by atoms with Crippen molar-refractivity contribution in [2.24, 2.45) is 0 Å². The molecule has 1 aromatic carbocycles. The molecule has 4 heteroatoms. The van der Waals surface area contributed by atoms with E-state index in [1.54, 1.807) is 6.92 Å². The van der Waals surface area contributed by atoms with Crippen LogP contribution in [0.4, 0.5) is 8.78 Å². The summed E-state index contributed by atoms with van der Waals surface area (Å²) in [4.78, 5) is 0. The van der Waals surface area contributed by atoms with Gasteiger partial charge in [-0.05, 0) is 12.5 Å². The molecule has 1 atom stereocenters. The van der Waals surface area contributed by atoms with Gasteiger partial charge in [-0.25, -0.2) is 8.78 Å². The first kappa shape index (κ1) is 11.6. The van der Waals surface area contributed by atoms with Crippen LogP contribution in [0.2, 0.25) is 0 Å². The van der Waals surface area contributed by atoms with Crippen LogP contribution in [0.25, 0.3) is 0 Å². The van der Waals surface area contributed by atoms with E-state index in [4.69, 9.17) is 10.00 Å². The van der Waals surface area contributed by atoms with Crippen molar-refractivity contribution < 1.29 is 13.5 Å². The molecular formula is C11H11F2NO. The molecular weight excluding hydrogens is 200 g/mol. The molecule has 0 saturated heterocycles. The molecule has 0 amide bonds. The summed E-state index contributed by atoms with van der Waals surface area (Å²) in [5.41, 5.74) is 0.552.